The van der Waals surface area contributed by atoms with Crippen LogP contribution in [0.5, 0.6) is 0 Å². The molecule has 1 aromatic heterocycles. The molecule has 0 aliphatic heterocycles. The van der Waals surface area contributed by atoms with Gasteiger partial charge in [0.25, 0.3) is 0 Å². The van der Waals surface area contributed by atoms with E-state index in [1.54, 1.807) is 0 Å². The highest BCUT2D eigenvalue weighted by molar-refractivity contribution is 9.10. The first-order chi connectivity index (χ1) is 10.3. The van der Waals surface area contributed by atoms with Gasteiger partial charge >= 0.3 is 0 Å². The van der Waals surface area contributed by atoms with Crippen LogP contribution in [0.3, 0.4) is 0 Å². The number of hydrogen-bond donors (Lipinski definition) is 1. The predicted molar refractivity (Wildman–Crippen MR) is 91.4 cm³/mol. The molecule has 0 spiro atoms. The summed E-state index contributed by atoms with van der Waals surface area (Å²) in [6.45, 7) is 0. The van der Waals surface area contributed by atoms with Crippen molar-refractivity contribution in [3.8, 4) is 0 Å². The molecule has 0 radical (unpaired) electrons. The molecular formula is C18H17BrN2. The third-order valence-electron chi connectivity index (χ3n) is 3.76. The van der Waals surface area contributed by atoms with Crippen molar-refractivity contribution in [1.29, 1.82) is 0 Å². The van der Waals surface area contributed by atoms with E-state index in [1.165, 1.54) is 16.3 Å². The molecule has 106 valence electrons. The Bertz CT molecular complexity index is 732. The van der Waals surface area contributed by atoms with Gasteiger partial charge in [-0.15, -0.1) is 0 Å². The summed E-state index contributed by atoms with van der Waals surface area (Å²) in [6, 6.07) is 19.3. The lowest BCUT2D eigenvalue weighted by molar-refractivity contribution is 0.577. The number of rotatable bonds is 4. The third kappa shape index (κ3) is 3.14. The minimum Gasteiger partial charge on any atom is -0.311 e. The quantitative estimate of drug-likeness (QED) is 0.756. The normalized spacial score (nSPS) is 12.5. The van der Waals surface area contributed by atoms with Crippen molar-refractivity contribution in [3.63, 3.8) is 0 Å². The number of aromatic nitrogens is 1. The van der Waals surface area contributed by atoms with E-state index in [-0.39, 0.29) is 6.04 Å². The van der Waals surface area contributed by atoms with E-state index in [1.807, 2.05) is 19.3 Å². The molecule has 21 heavy (non-hydrogen) atoms. The second-order valence-electron chi connectivity index (χ2n) is 5.08. The predicted octanol–water partition coefficient (Wildman–Crippen LogP) is 4.50. The fraction of sp³-hybridized carbons (Fsp3) is 0.167. The highest BCUT2D eigenvalue weighted by atomic mass is 79.9. The molecule has 3 rings (SSSR count). The SMILES string of the molecule is CNC(Cc1cccc2ccccc12)c1ccc(Br)cn1. The number of pyridine rings is 1. The summed E-state index contributed by atoms with van der Waals surface area (Å²) < 4.78 is 1.01. The average Bonchev–Trinajstić information content (AvgIpc) is 2.54. The Morgan fingerprint density at radius 3 is 2.62 bits per heavy atom. The van der Waals surface area contributed by atoms with E-state index in [2.05, 4.69) is 74.8 Å². The summed E-state index contributed by atoms with van der Waals surface area (Å²) in [4.78, 5) is 4.52. The van der Waals surface area contributed by atoms with Crippen LogP contribution in [0.2, 0.25) is 0 Å². The maximum absolute atomic E-state index is 4.52. The fourth-order valence-electron chi connectivity index (χ4n) is 2.64. The Labute approximate surface area is 133 Å². The van der Waals surface area contributed by atoms with Crippen molar-refractivity contribution in [3.05, 3.63) is 76.5 Å². The molecule has 0 aliphatic carbocycles. The minimum atomic E-state index is 0.212. The van der Waals surface area contributed by atoms with E-state index in [4.69, 9.17) is 0 Å². The largest absolute Gasteiger partial charge is 0.311 e. The molecule has 0 bridgehead atoms. The molecule has 3 heteroatoms. The number of nitrogens with zero attached hydrogens (tertiary/aromatic N) is 1. The zero-order valence-corrected chi connectivity index (χ0v) is 13.5. The summed E-state index contributed by atoms with van der Waals surface area (Å²) in [5, 5.41) is 5.98. The Balaban J connectivity index is 1.94. The summed E-state index contributed by atoms with van der Waals surface area (Å²) in [5.74, 6) is 0. The van der Waals surface area contributed by atoms with Gasteiger partial charge in [-0.05, 0) is 57.9 Å². The lowest BCUT2D eigenvalue weighted by Crippen LogP contribution is -2.20. The van der Waals surface area contributed by atoms with Gasteiger partial charge in [-0.1, -0.05) is 42.5 Å². The molecule has 1 unspecified atom stereocenters. The van der Waals surface area contributed by atoms with Crippen LogP contribution < -0.4 is 5.32 Å². The lowest BCUT2D eigenvalue weighted by Gasteiger charge is -2.17. The van der Waals surface area contributed by atoms with Crippen LogP contribution in [0.25, 0.3) is 10.8 Å². The van der Waals surface area contributed by atoms with E-state index in [0.29, 0.717) is 0 Å². The fourth-order valence-corrected chi connectivity index (χ4v) is 2.87. The van der Waals surface area contributed by atoms with Crippen LogP contribution >= 0.6 is 15.9 Å². The minimum absolute atomic E-state index is 0.212. The van der Waals surface area contributed by atoms with Gasteiger partial charge in [0.15, 0.2) is 0 Å². The van der Waals surface area contributed by atoms with Gasteiger partial charge in [0.05, 0.1) is 11.7 Å². The first-order valence-corrected chi connectivity index (χ1v) is 7.82. The zero-order valence-electron chi connectivity index (χ0n) is 11.9. The average molecular weight is 341 g/mol. The molecule has 0 fully saturated rings. The second-order valence-corrected chi connectivity index (χ2v) is 6.00. The Hall–Kier alpha value is -1.71. The summed E-state index contributed by atoms with van der Waals surface area (Å²) >= 11 is 3.43. The molecule has 2 nitrogen and oxygen atoms in total. The first kappa shape index (κ1) is 14.2. The first-order valence-electron chi connectivity index (χ1n) is 7.03. The van der Waals surface area contributed by atoms with Gasteiger partial charge in [0, 0.05) is 10.7 Å². The summed E-state index contributed by atoms with van der Waals surface area (Å²) in [6.07, 6.45) is 2.77. The Morgan fingerprint density at radius 1 is 1.05 bits per heavy atom. The van der Waals surface area contributed by atoms with E-state index < -0.39 is 0 Å². The molecule has 3 aromatic rings. The van der Waals surface area contributed by atoms with Gasteiger partial charge in [-0.2, -0.15) is 0 Å². The summed E-state index contributed by atoms with van der Waals surface area (Å²) in [7, 11) is 1.99. The molecular weight excluding hydrogens is 324 g/mol. The van der Waals surface area contributed by atoms with Crippen molar-refractivity contribution in [2.45, 2.75) is 12.5 Å². The van der Waals surface area contributed by atoms with Crippen LogP contribution in [0.15, 0.2) is 65.3 Å². The number of hydrogen-bond acceptors (Lipinski definition) is 2. The molecule has 1 atom stereocenters. The van der Waals surface area contributed by atoms with Gasteiger partial charge in [-0.3, -0.25) is 4.98 Å². The molecule has 0 amide bonds. The highest BCUT2D eigenvalue weighted by Gasteiger charge is 2.13. The van der Waals surface area contributed by atoms with Gasteiger partial charge < -0.3 is 5.32 Å². The molecule has 0 saturated carbocycles. The van der Waals surface area contributed by atoms with Crippen LogP contribution in [0.1, 0.15) is 17.3 Å². The van der Waals surface area contributed by atoms with Crippen LogP contribution in [-0.4, -0.2) is 12.0 Å². The summed E-state index contributed by atoms with van der Waals surface area (Å²) in [5.41, 5.74) is 2.41. The zero-order chi connectivity index (χ0) is 14.7. The number of fused-ring (bicyclic) bond motifs is 1. The number of halogens is 1. The van der Waals surface area contributed by atoms with Crippen molar-refractivity contribution in [2.24, 2.45) is 0 Å². The Kier molecular flexibility index (Phi) is 4.32. The van der Waals surface area contributed by atoms with E-state index in [0.717, 1.165) is 16.6 Å². The smallest absolute Gasteiger partial charge is 0.0577 e. The number of benzene rings is 2. The van der Waals surface area contributed by atoms with Gasteiger partial charge in [-0.25, -0.2) is 0 Å². The molecule has 1 N–H and O–H groups in total. The maximum Gasteiger partial charge on any atom is 0.0577 e. The highest BCUT2D eigenvalue weighted by Crippen LogP contribution is 2.24. The molecule has 0 saturated heterocycles. The van der Waals surface area contributed by atoms with Gasteiger partial charge in [0.1, 0.15) is 0 Å². The third-order valence-corrected chi connectivity index (χ3v) is 4.23. The number of nitrogens with one attached hydrogen (secondary N) is 1. The Morgan fingerprint density at radius 2 is 1.86 bits per heavy atom. The number of likely N-dealkylation sites (N-methyl/N-ethyl adjacent to an activating group) is 1. The van der Waals surface area contributed by atoms with E-state index in [9.17, 15) is 0 Å². The van der Waals surface area contributed by atoms with E-state index >= 15 is 0 Å². The van der Waals surface area contributed by atoms with Crippen LogP contribution in [0, 0.1) is 0 Å². The second kappa shape index (κ2) is 6.37. The van der Waals surface area contributed by atoms with Crippen molar-refractivity contribution in [1.82, 2.24) is 10.3 Å². The topological polar surface area (TPSA) is 24.9 Å². The van der Waals surface area contributed by atoms with Crippen molar-refractivity contribution >= 4 is 26.7 Å². The standard InChI is InChI=1S/C18H17BrN2/c1-20-18(17-10-9-15(19)12-21-17)11-14-7-4-6-13-5-2-3-8-16(13)14/h2-10,12,18,20H,11H2,1H3. The van der Waals surface area contributed by atoms with Gasteiger partial charge in [0.2, 0.25) is 0 Å². The van der Waals surface area contributed by atoms with Crippen molar-refractivity contribution < 1.29 is 0 Å². The van der Waals surface area contributed by atoms with Crippen LogP contribution in [0.4, 0.5) is 0 Å². The van der Waals surface area contributed by atoms with Crippen molar-refractivity contribution in [2.75, 3.05) is 7.05 Å². The monoisotopic (exact) mass is 340 g/mol. The molecule has 2 aromatic carbocycles. The maximum atomic E-state index is 4.52. The molecule has 1 heterocycles. The lowest BCUT2D eigenvalue weighted by atomic mass is 9.97. The molecule has 0 aliphatic rings. The van der Waals surface area contributed by atoms with Crippen LogP contribution in [-0.2, 0) is 6.42 Å².